The molecule has 9 heteroatoms. The molecule has 0 bridgehead atoms. The molecule has 23 heavy (non-hydrogen) atoms. The quantitative estimate of drug-likeness (QED) is 0.690. The predicted molar refractivity (Wildman–Crippen MR) is 89.4 cm³/mol. The van der Waals surface area contributed by atoms with Crippen molar-refractivity contribution >= 4 is 23.7 Å². The molecule has 0 atom stereocenters. The molecule has 0 radical (unpaired) electrons. The summed E-state index contributed by atoms with van der Waals surface area (Å²) in [5.41, 5.74) is 13.4. The zero-order valence-electron chi connectivity index (χ0n) is 12.8. The highest BCUT2D eigenvalue weighted by Gasteiger charge is 2.12. The van der Waals surface area contributed by atoms with Crippen molar-refractivity contribution in [3.63, 3.8) is 0 Å². The number of nitrogens with two attached hydrogens (primary N) is 2. The Morgan fingerprint density at radius 2 is 1.65 bits per heavy atom. The van der Waals surface area contributed by atoms with Crippen LogP contribution in [0.25, 0.3) is 11.4 Å². The molecular formula is C14H16N8S. The maximum atomic E-state index is 5.57. The van der Waals surface area contributed by atoms with Crippen LogP contribution in [-0.2, 0) is 12.8 Å². The number of nitrogen functional groups attached to an aromatic ring is 2. The molecule has 3 rings (SSSR count). The highest BCUT2D eigenvalue weighted by atomic mass is 32.2. The lowest BCUT2D eigenvalue weighted by Crippen LogP contribution is -2.06. The van der Waals surface area contributed by atoms with E-state index in [-0.39, 0.29) is 11.9 Å². The van der Waals surface area contributed by atoms with Crippen molar-refractivity contribution in [3.8, 4) is 11.4 Å². The van der Waals surface area contributed by atoms with E-state index in [1.54, 1.807) is 0 Å². The second kappa shape index (κ2) is 6.21. The van der Waals surface area contributed by atoms with Crippen LogP contribution in [0, 0.1) is 6.92 Å². The Morgan fingerprint density at radius 1 is 1.00 bits per heavy atom. The standard InChI is InChI=1S/C14H16N8S/c1-8-3-5-9(6-4-8)11-20-21-14(22(11)2)23-7-10-17-12(15)19-13(16)18-10/h3-6H,7H2,1-2H3,(H4,15,16,17,18,19). The normalized spacial score (nSPS) is 10.9. The van der Waals surface area contributed by atoms with Crippen LogP contribution in [0.4, 0.5) is 11.9 Å². The van der Waals surface area contributed by atoms with Crippen LogP contribution < -0.4 is 11.5 Å². The molecule has 0 amide bonds. The highest BCUT2D eigenvalue weighted by Crippen LogP contribution is 2.24. The van der Waals surface area contributed by atoms with Gasteiger partial charge in [-0.05, 0) is 6.92 Å². The van der Waals surface area contributed by atoms with Crippen molar-refractivity contribution in [2.75, 3.05) is 11.5 Å². The third-order valence-corrected chi connectivity index (χ3v) is 4.21. The molecule has 0 aliphatic carbocycles. The molecule has 0 aliphatic rings. The number of aromatic nitrogens is 6. The number of hydrogen-bond acceptors (Lipinski definition) is 8. The van der Waals surface area contributed by atoms with E-state index in [4.69, 9.17) is 11.5 Å². The first-order chi connectivity index (χ1) is 11.0. The van der Waals surface area contributed by atoms with Gasteiger partial charge < -0.3 is 16.0 Å². The average Bonchev–Trinajstić information content (AvgIpc) is 2.86. The predicted octanol–water partition coefficient (Wildman–Crippen LogP) is 1.43. The van der Waals surface area contributed by atoms with Gasteiger partial charge in [-0.25, -0.2) is 0 Å². The molecule has 3 aromatic rings. The molecule has 0 aliphatic heterocycles. The van der Waals surface area contributed by atoms with Crippen molar-refractivity contribution < 1.29 is 0 Å². The van der Waals surface area contributed by atoms with Crippen molar-refractivity contribution in [2.45, 2.75) is 17.8 Å². The van der Waals surface area contributed by atoms with E-state index >= 15 is 0 Å². The third kappa shape index (κ3) is 3.39. The van der Waals surface area contributed by atoms with E-state index in [0.717, 1.165) is 16.5 Å². The summed E-state index contributed by atoms with van der Waals surface area (Å²) < 4.78 is 1.93. The summed E-state index contributed by atoms with van der Waals surface area (Å²) in [4.78, 5) is 11.8. The number of anilines is 2. The molecule has 0 unspecified atom stereocenters. The Labute approximate surface area is 137 Å². The summed E-state index contributed by atoms with van der Waals surface area (Å²) in [6.45, 7) is 2.05. The summed E-state index contributed by atoms with van der Waals surface area (Å²) in [5, 5.41) is 9.23. The van der Waals surface area contributed by atoms with Crippen LogP contribution >= 0.6 is 11.8 Å². The Hall–Kier alpha value is -2.68. The van der Waals surface area contributed by atoms with E-state index in [1.165, 1.54) is 17.3 Å². The smallest absolute Gasteiger partial charge is 0.225 e. The van der Waals surface area contributed by atoms with Crippen molar-refractivity contribution in [1.29, 1.82) is 0 Å². The van der Waals surface area contributed by atoms with Crippen LogP contribution in [0.5, 0.6) is 0 Å². The molecule has 1 aromatic carbocycles. The summed E-state index contributed by atoms with van der Waals surface area (Å²) in [5.74, 6) is 2.04. The minimum absolute atomic E-state index is 0.117. The fourth-order valence-corrected chi connectivity index (χ4v) is 2.81. The molecule has 0 fully saturated rings. The van der Waals surface area contributed by atoms with E-state index in [9.17, 15) is 0 Å². The van der Waals surface area contributed by atoms with Gasteiger partial charge in [-0.1, -0.05) is 41.6 Å². The molecule has 0 saturated heterocycles. The minimum atomic E-state index is 0.117. The van der Waals surface area contributed by atoms with Gasteiger partial charge in [0.15, 0.2) is 11.0 Å². The molecule has 118 valence electrons. The van der Waals surface area contributed by atoms with Gasteiger partial charge in [0, 0.05) is 12.6 Å². The minimum Gasteiger partial charge on any atom is -0.368 e. The molecule has 8 nitrogen and oxygen atoms in total. The highest BCUT2D eigenvalue weighted by molar-refractivity contribution is 7.98. The molecule has 0 spiro atoms. The van der Waals surface area contributed by atoms with Gasteiger partial charge in [0.2, 0.25) is 11.9 Å². The Kier molecular flexibility index (Phi) is 4.11. The molecule has 4 N–H and O–H groups in total. The molecule has 0 saturated carbocycles. The van der Waals surface area contributed by atoms with Crippen molar-refractivity contribution in [1.82, 2.24) is 29.7 Å². The lowest BCUT2D eigenvalue weighted by atomic mass is 10.1. The van der Waals surface area contributed by atoms with Gasteiger partial charge in [-0.2, -0.15) is 15.0 Å². The van der Waals surface area contributed by atoms with E-state index in [0.29, 0.717) is 11.6 Å². The van der Waals surface area contributed by atoms with E-state index < -0.39 is 0 Å². The van der Waals surface area contributed by atoms with Crippen LogP contribution in [0.3, 0.4) is 0 Å². The third-order valence-electron chi connectivity index (χ3n) is 3.19. The summed E-state index contributed by atoms with van der Waals surface area (Å²) in [6.07, 6.45) is 0. The first-order valence-corrected chi connectivity index (χ1v) is 7.86. The monoisotopic (exact) mass is 328 g/mol. The lowest BCUT2D eigenvalue weighted by Gasteiger charge is -2.04. The number of nitrogens with zero attached hydrogens (tertiary/aromatic N) is 6. The van der Waals surface area contributed by atoms with Gasteiger partial charge in [-0.3, -0.25) is 0 Å². The molecule has 2 heterocycles. The Balaban J connectivity index is 1.78. The summed E-state index contributed by atoms with van der Waals surface area (Å²) >= 11 is 1.46. The number of rotatable bonds is 4. The SMILES string of the molecule is Cc1ccc(-c2nnc(SCc3nc(N)nc(N)n3)n2C)cc1. The van der Waals surface area contributed by atoms with Crippen LogP contribution in [0.2, 0.25) is 0 Å². The topological polar surface area (TPSA) is 121 Å². The fraction of sp³-hybridized carbons (Fsp3) is 0.214. The number of hydrogen-bond donors (Lipinski definition) is 2. The number of benzene rings is 1. The number of thioether (sulfide) groups is 1. The van der Waals surface area contributed by atoms with Gasteiger partial charge in [0.1, 0.15) is 5.82 Å². The lowest BCUT2D eigenvalue weighted by molar-refractivity contribution is 0.792. The van der Waals surface area contributed by atoms with Gasteiger partial charge >= 0.3 is 0 Å². The first kappa shape index (κ1) is 15.2. The largest absolute Gasteiger partial charge is 0.368 e. The maximum absolute atomic E-state index is 5.57. The van der Waals surface area contributed by atoms with E-state index in [1.807, 2.05) is 42.8 Å². The Bertz CT molecular complexity index is 807. The van der Waals surface area contributed by atoms with Crippen LogP contribution in [0.1, 0.15) is 11.4 Å². The average molecular weight is 328 g/mol. The van der Waals surface area contributed by atoms with Crippen LogP contribution in [-0.4, -0.2) is 29.7 Å². The second-order valence-electron chi connectivity index (χ2n) is 4.99. The van der Waals surface area contributed by atoms with Crippen LogP contribution in [0.15, 0.2) is 29.4 Å². The van der Waals surface area contributed by atoms with Gasteiger partial charge in [0.25, 0.3) is 0 Å². The Morgan fingerprint density at radius 3 is 2.30 bits per heavy atom. The first-order valence-electron chi connectivity index (χ1n) is 6.88. The summed E-state index contributed by atoms with van der Waals surface area (Å²) in [6, 6.07) is 8.16. The molecular weight excluding hydrogens is 312 g/mol. The second-order valence-corrected chi connectivity index (χ2v) is 5.93. The maximum Gasteiger partial charge on any atom is 0.225 e. The van der Waals surface area contributed by atoms with Crippen molar-refractivity contribution in [3.05, 3.63) is 35.7 Å². The van der Waals surface area contributed by atoms with Crippen molar-refractivity contribution in [2.24, 2.45) is 7.05 Å². The summed E-state index contributed by atoms with van der Waals surface area (Å²) in [7, 11) is 1.92. The molecule has 2 aromatic heterocycles. The fourth-order valence-electron chi connectivity index (χ4n) is 2.05. The van der Waals surface area contributed by atoms with Gasteiger partial charge in [-0.15, -0.1) is 10.2 Å². The zero-order chi connectivity index (χ0) is 16.4. The van der Waals surface area contributed by atoms with Gasteiger partial charge in [0.05, 0.1) is 5.75 Å². The van der Waals surface area contributed by atoms with E-state index in [2.05, 4.69) is 25.1 Å². The number of aryl methyl sites for hydroxylation is 1. The zero-order valence-corrected chi connectivity index (χ0v) is 13.6.